The highest BCUT2D eigenvalue weighted by atomic mass is 19.3. The lowest BCUT2D eigenvalue weighted by molar-refractivity contribution is -0.111. The molecule has 1 saturated carbocycles. The Morgan fingerprint density at radius 2 is 1.04 bits per heavy atom. The summed E-state index contributed by atoms with van der Waals surface area (Å²) in [6, 6.07) is 12.1. The summed E-state index contributed by atoms with van der Waals surface area (Å²) in [6.07, 6.45) is 4.56. The number of allylic oxidation sites excluding steroid dienone is 2. The van der Waals surface area contributed by atoms with Gasteiger partial charge in [0, 0.05) is 11.1 Å². The van der Waals surface area contributed by atoms with Crippen molar-refractivity contribution in [2.75, 3.05) is 0 Å². The normalized spacial score (nSPS) is 17.1. The minimum absolute atomic E-state index is 0.0507. The molecule has 3 rings (SSSR count). The Kier molecular flexibility index (Phi) is 6.13. The largest absolute Gasteiger partial charge is 0.435 e. The van der Waals surface area contributed by atoms with E-state index in [2.05, 4.69) is 9.47 Å². The van der Waals surface area contributed by atoms with Crippen LogP contribution in [0.3, 0.4) is 0 Å². The van der Waals surface area contributed by atoms with Crippen molar-refractivity contribution in [3.05, 3.63) is 70.8 Å². The maximum atomic E-state index is 12.6. The van der Waals surface area contributed by atoms with Gasteiger partial charge in [0.2, 0.25) is 0 Å². The molecule has 0 unspecified atom stereocenters. The molecule has 0 spiro atoms. The Bertz CT molecular complexity index is 811. The second-order valence-electron chi connectivity index (χ2n) is 6.06. The number of alkyl halides is 4. The first-order valence-electron chi connectivity index (χ1n) is 8.46. The minimum Gasteiger partial charge on any atom is -0.435 e. The number of hydrogen-bond donors (Lipinski definition) is 0. The van der Waals surface area contributed by atoms with Crippen molar-refractivity contribution < 1.29 is 31.8 Å². The van der Waals surface area contributed by atoms with Gasteiger partial charge < -0.3 is 9.47 Å². The van der Waals surface area contributed by atoms with E-state index in [1.54, 1.807) is 36.4 Å². The van der Waals surface area contributed by atoms with Crippen LogP contribution in [0.5, 0.6) is 11.5 Å². The Hall–Kier alpha value is -3.09. The lowest BCUT2D eigenvalue weighted by atomic mass is 10.1. The highest BCUT2D eigenvalue weighted by molar-refractivity contribution is 6.15. The first-order valence-corrected chi connectivity index (χ1v) is 8.46. The number of carbonyl (C=O) groups is 1. The fourth-order valence-corrected chi connectivity index (χ4v) is 2.87. The molecule has 0 saturated heterocycles. The summed E-state index contributed by atoms with van der Waals surface area (Å²) in [5.41, 5.74) is 2.65. The van der Waals surface area contributed by atoms with Crippen LogP contribution in [-0.2, 0) is 4.79 Å². The molecule has 1 aliphatic carbocycles. The van der Waals surface area contributed by atoms with E-state index in [4.69, 9.17) is 0 Å². The van der Waals surface area contributed by atoms with E-state index in [0.29, 0.717) is 35.1 Å². The van der Waals surface area contributed by atoms with Gasteiger partial charge in [-0.3, -0.25) is 4.79 Å². The van der Waals surface area contributed by atoms with Crippen molar-refractivity contribution >= 4 is 17.9 Å². The van der Waals surface area contributed by atoms with E-state index in [0.717, 1.165) is 0 Å². The maximum absolute atomic E-state index is 12.6. The Morgan fingerprint density at radius 1 is 0.679 bits per heavy atom. The molecule has 7 heteroatoms. The Morgan fingerprint density at radius 3 is 1.36 bits per heavy atom. The summed E-state index contributed by atoms with van der Waals surface area (Å²) in [7, 11) is 0. The van der Waals surface area contributed by atoms with E-state index < -0.39 is 13.2 Å². The van der Waals surface area contributed by atoms with Gasteiger partial charge in [0.05, 0.1) is 0 Å². The quantitative estimate of drug-likeness (QED) is 0.466. The molecule has 2 aromatic rings. The summed E-state index contributed by atoms with van der Waals surface area (Å²) in [5, 5.41) is 0. The molecule has 0 amide bonds. The molecular weight excluding hydrogens is 376 g/mol. The number of carbonyl (C=O) groups excluding carboxylic acids is 1. The van der Waals surface area contributed by atoms with Crippen molar-refractivity contribution in [3.8, 4) is 11.5 Å². The first-order chi connectivity index (χ1) is 13.4. The summed E-state index contributed by atoms with van der Waals surface area (Å²) in [6.45, 7) is -5.77. The minimum atomic E-state index is -2.88. The molecule has 1 aliphatic rings. The number of Topliss-reactive ketones (excluding diaryl/α,β-unsaturated/α-hetero) is 1. The van der Waals surface area contributed by atoms with E-state index in [9.17, 15) is 22.4 Å². The van der Waals surface area contributed by atoms with Gasteiger partial charge in [-0.1, -0.05) is 24.3 Å². The molecule has 28 heavy (non-hydrogen) atoms. The Labute approximate surface area is 158 Å². The monoisotopic (exact) mass is 392 g/mol. The smallest absolute Gasteiger partial charge is 0.387 e. The standard InChI is InChI=1S/C21H16F4O3/c22-20(23)27-17-7-1-13(2-8-17)11-15-5-6-16(19(15)26)12-14-3-9-18(10-4-14)28-21(24)25/h1-4,7-12,20-21H,5-6H2/b15-11+,16-12+. The second-order valence-corrected chi connectivity index (χ2v) is 6.06. The van der Waals surface area contributed by atoms with Crippen molar-refractivity contribution in [2.45, 2.75) is 26.1 Å². The lowest BCUT2D eigenvalue weighted by Gasteiger charge is -2.04. The molecular formula is C21H16F4O3. The van der Waals surface area contributed by atoms with Crippen LogP contribution in [0.15, 0.2) is 59.7 Å². The fourth-order valence-electron chi connectivity index (χ4n) is 2.87. The van der Waals surface area contributed by atoms with Crippen LogP contribution in [0.25, 0.3) is 12.2 Å². The number of rotatable bonds is 6. The van der Waals surface area contributed by atoms with Crippen LogP contribution in [0, 0.1) is 0 Å². The van der Waals surface area contributed by atoms with Crippen LogP contribution in [0.2, 0.25) is 0 Å². The van der Waals surface area contributed by atoms with Gasteiger partial charge in [-0.15, -0.1) is 0 Å². The second kappa shape index (κ2) is 8.73. The van der Waals surface area contributed by atoms with Gasteiger partial charge in [-0.2, -0.15) is 17.6 Å². The van der Waals surface area contributed by atoms with E-state index in [1.807, 2.05) is 0 Å². The summed E-state index contributed by atoms with van der Waals surface area (Å²) in [5.74, 6) is 0.00492. The number of ketones is 1. The fraction of sp³-hybridized carbons (Fsp3) is 0.190. The number of halogens is 4. The van der Waals surface area contributed by atoms with Crippen molar-refractivity contribution in [1.29, 1.82) is 0 Å². The highest BCUT2D eigenvalue weighted by Crippen LogP contribution is 2.30. The number of hydrogen-bond acceptors (Lipinski definition) is 3. The van der Waals surface area contributed by atoms with Crippen LogP contribution < -0.4 is 9.47 Å². The van der Waals surface area contributed by atoms with Crippen LogP contribution in [-0.4, -0.2) is 19.0 Å². The van der Waals surface area contributed by atoms with Gasteiger partial charge in [0.15, 0.2) is 5.78 Å². The lowest BCUT2D eigenvalue weighted by Crippen LogP contribution is -2.01. The van der Waals surface area contributed by atoms with Gasteiger partial charge in [-0.05, 0) is 60.4 Å². The average Bonchev–Trinajstić information content (AvgIpc) is 2.97. The third-order valence-electron chi connectivity index (χ3n) is 4.14. The molecule has 0 N–H and O–H groups in total. The summed E-state index contributed by atoms with van der Waals surface area (Å²) >= 11 is 0. The summed E-state index contributed by atoms with van der Waals surface area (Å²) in [4.78, 5) is 12.6. The van der Waals surface area contributed by atoms with Gasteiger partial charge in [-0.25, -0.2) is 0 Å². The zero-order chi connectivity index (χ0) is 20.1. The van der Waals surface area contributed by atoms with E-state index in [-0.39, 0.29) is 17.3 Å². The highest BCUT2D eigenvalue weighted by Gasteiger charge is 2.23. The molecule has 3 nitrogen and oxygen atoms in total. The van der Waals surface area contributed by atoms with Gasteiger partial charge >= 0.3 is 13.2 Å². The SMILES string of the molecule is O=C1/C(=C/c2ccc(OC(F)F)cc2)CC/C1=C\c1ccc(OC(F)F)cc1. The first kappa shape index (κ1) is 19.7. The topological polar surface area (TPSA) is 35.5 Å². The predicted molar refractivity (Wildman–Crippen MR) is 96.3 cm³/mol. The third kappa shape index (κ3) is 5.22. The zero-order valence-corrected chi connectivity index (χ0v) is 14.6. The zero-order valence-electron chi connectivity index (χ0n) is 14.6. The molecule has 0 heterocycles. The van der Waals surface area contributed by atoms with Crippen molar-refractivity contribution in [3.63, 3.8) is 0 Å². The molecule has 0 atom stereocenters. The number of benzene rings is 2. The summed E-state index contributed by atoms with van der Waals surface area (Å²) < 4.78 is 57.3. The molecule has 0 radical (unpaired) electrons. The number of ether oxygens (including phenoxy) is 2. The van der Waals surface area contributed by atoms with E-state index in [1.165, 1.54) is 24.3 Å². The Balaban J connectivity index is 1.70. The van der Waals surface area contributed by atoms with Gasteiger partial charge in [0.25, 0.3) is 0 Å². The third-order valence-corrected chi connectivity index (χ3v) is 4.14. The van der Waals surface area contributed by atoms with Gasteiger partial charge in [0.1, 0.15) is 11.5 Å². The van der Waals surface area contributed by atoms with E-state index >= 15 is 0 Å². The molecule has 0 aliphatic heterocycles. The molecule has 0 aromatic heterocycles. The average molecular weight is 392 g/mol. The van der Waals surface area contributed by atoms with Crippen LogP contribution in [0.4, 0.5) is 17.6 Å². The molecule has 0 bridgehead atoms. The van der Waals surface area contributed by atoms with Crippen LogP contribution in [0.1, 0.15) is 24.0 Å². The maximum Gasteiger partial charge on any atom is 0.387 e. The van der Waals surface area contributed by atoms with Crippen LogP contribution >= 0.6 is 0 Å². The molecule has 2 aromatic carbocycles. The predicted octanol–water partition coefficient (Wildman–Crippen LogP) is 5.72. The molecule has 146 valence electrons. The molecule has 1 fully saturated rings. The van der Waals surface area contributed by atoms with Crippen molar-refractivity contribution in [2.24, 2.45) is 0 Å². The van der Waals surface area contributed by atoms with Crippen molar-refractivity contribution in [1.82, 2.24) is 0 Å².